The van der Waals surface area contributed by atoms with Crippen LogP contribution in [0.3, 0.4) is 0 Å². The van der Waals surface area contributed by atoms with Crippen molar-refractivity contribution in [1.82, 2.24) is 10.3 Å². The van der Waals surface area contributed by atoms with Crippen LogP contribution < -0.4 is 14.8 Å². The van der Waals surface area contributed by atoms with Crippen molar-refractivity contribution >= 4 is 5.97 Å². The molecule has 2 N–H and O–H groups in total. The number of aromatic nitrogens is 1. The molecule has 2 aromatic rings. The van der Waals surface area contributed by atoms with E-state index in [9.17, 15) is 13.2 Å². The molecule has 4 rings (SSSR count). The summed E-state index contributed by atoms with van der Waals surface area (Å²) in [5.41, 5.74) is 0. The van der Waals surface area contributed by atoms with Crippen LogP contribution in [0.4, 0.5) is 13.2 Å². The van der Waals surface area contributed by atoms with Gasteiger partial charge >= 0.3 is 12.1 Å². The third-order valence-corrected chi connectivity index (χ3v) is 6.62. The molecule has 1 aromatic carbocycles. The molecule has 0 aliphatic heterocycles. The highest BCUT2D eigenvalue weighted by molar-refractivity contribution is 5.73. The van der Waals surface area contributed by atoms with E-state index in [1.807, 2.05) is 30.5 Å². The van der Waals surface area contributed by atoms with Crippen LogP contribution in [-0.4, -0.2) is 41.0 Å². The van der Waals surface area contributed by atoms with Crippen molar-refractivity contribution in [3.8, 4) is 11.5 Å². The fourth-order valence-electron chi connectivity index (χ4n) is 4.68. The Balaban J connectivity index is 0.000000479. The minimum absolute atomic E-state index is 0.175. The molecule has 2 unspecified atom stereocenters. The average Bonchev–Trinajstić information content (AvgIpc) is 3.37. The highest BCUT2D eigenvalue weighted by Gasteiger charge is 2.38. The minimum atomic E-state index is -5.08. The van der Waals surface area contributed by atoms with E-state index in [-0.39, 0.29) is 6.10 Å². The molecule has 2 aliphatic rings. The van der Waals surface area contributed by atoms with Gasteiger partial charge in [0, 0.05) is 12.0 Å². The monoisotopic (exact) mass is 526 g/mol. The van der Waals surface area contributed by atoms with E-state index in [0.29, 0.717) is 18.5 Å². The Kier molecular flexibility index (Phi) is 11.1. The third-order valence-electron chi connectivity index (χ3n) is 6.62. The lowest BCUT2D eigenvalue weighted by atomic mass is 9.88. The van der Waals surface area contributed by atoms with Crippen molar-refractivity contribution in [2.24, 2.45) is 0 Å². The van der Waals surface area contributed by atoms with E-state index in [2.05, 4.69) is 17.2 Å². The van der Waals surface area contributed by atoms with E-state index in [1.165, 1.54) is 44.9 Å². The Morgan fingerprint density at radius 2 is 1.68 bits per heavy atom. The number of oxazole rings is 1. The molecule has 0 saturated heterocycles. The molecule has 10 heteroatoms. The number of halogens is 3. The number of benzene rings is 1. The summed E-state index contributed by atoms with van der Waals surface area (Å²) in [6.07, 6.45) is 9.16. The van der Waals surface area contributed by atoms with Gasteiger partial charge in [0.15, 0.2) is 0 Å². The molecule has 0 amide bonds. The molecule has 37 heavy (non-hydrogen) atoms. The van der Waals surface area contributed by atoms with E-state index in [0.717, 1.165) is 49.0 Å². The van der Waals surface area contributed by atoms with Gasteiger partial charge in [0.1, 0.15) is 23.4 Å². The fraction of sp³-hybridized carbons (Fsp3) is 0.630. The zero-order chi connectivity index (χ0) is 26.7. The molecule has 206 valence electrons. The first-order chi connectivity index (χ1) is 17.8. The van der Waals surface area contributed by atoms with Gasteiger partial charge in [-0.25, -0.2) is 9.78 Å². The molecule has 2 aliphatic carbocycles. The molecule has 0 bridgehead atoms. The first-order valence-corrected chi connectivity index (χ1v) is 13.1. The fourth-order valence-corrected chi connectivity index (χ4v) is 4.68. The standard InChI is InChI=1S/C25H36N2O3.C2HF3O2/c1-2-16-28-20-12-14-21(15-13-20)29-23-11-7-6-10-22(23)26-18-25-27-17-24(30-25)19-8-4-3-5-9-19;3-2(4,5)1(6)7/h12-15,17,19,22-23,26H,2-11,16,18H2,1H3;(H,6,7). The summed E-state index contributed by atoms with van der Waals surface area (Å²) < 4.78 is 49.8. The molecule has 2 saturated carbocycles. The Morgan fingerprint density at radius 3 is 2.32 bits per heavy atom. The van der Waals surface area contributed by atoms with E-state index in [4.69, 9.17) is 23.8 Å². The largest absolute Gasteiger partial charge is 0.494 e. The quantitative estimate of drug-likeness (QED) is 0.379. The molecule has 0 spiro atoms. The first-order valence-electron chi connectivity index (χ1n) is 13.1. The summed E-state index contributed by atoms with van der Waals surface area (Å²) >= 11 is 0. The van der Waals surface area contributed by atoms with Gasteiger partial charge in [-0.2, -0.15) is 13.2 Å². The second kappa shape index (κ2) is 14.3. The van der Waals surface area contributed by atoms with Crippen LogP contribution in [0.1, 0.15) is 88.7 Å². The van der Waals surface area contributed by atoms with Crippen molar-refractivity contribution in [2.75, 3.05) is 6.61 Å². The molecule has 2 atom stereocenters. The normalized spacial score (nSPS) is 20.5. The number of carboxylic acid groups (broad SMARTS) is 1. The molecule has 0 radical (unpaired) electrons. The van der Waals surface area contributed by atoms with Gasteiger partial charge in [0.05, 0.1) is 19.3 Å². The maximum absolute atomic E-state index is 10.6. The molecule has 1 heterocycles. The molecular formula is C27H37F3N2O5. The molecule has 2 fully saturated rings. The number of ether oxygens (including phenoxy) is 2. The number of nitrogens with one attached hydrogen (secondary N) is 1. The third kappa shape index (κ3) is 9.57. The van der Waals surface area contributed by atoms with Gasteiger partial charge in [-0.05, 0) is 62.8 Å². The number of hydrogen-bond acceptors (Lipinski definition) is 6. The maximum atomic E-state index is 10.6. The number of hydrogen-bond donors (Lipinski definition) is 2. The van der Waals surface area contributed by atoms with Gasteiger partial charge in [-0.3, -0.25) is 0 Å². The Hall–Kier alpha value is -2.75. The zero-order valence-corrected chi connectivity index (χ0v) is 21.3. The van der Waals surface area contributed by atoms with Crippen molar-refractivity contribution < 1.29 is 37.0 Å². The highest BCUT2D eigenvalue weighted by Crippen LogP contribution is 2.33. The number of carboxylic acids is 1. The van der Waals surface area contributed by atoms with Gasteiger partial charge in [-0.1, -0.05) is 32.6 Å². The van der Waals surface area contributed by atoms with Crippen molar-refractivity contribution in [1.29, 1.82) is 0 Å². The van der Waals surface area contributed by atoms with Crippen LogP contribution in [-0.2, 0) is 11.3 Å². The lowest BCUT2D eigenvalue weighted by molar-refractivity contribution is -0.192. The van der Waals surface area contributed by atoms with Gasteiger partial charge in [0.25, 0.3) is 0 Å². The SMILES string of the molecule is CCCOc1ccc(OC2CCCCC2NCc2ncc(C3CCCCC3)o2)cc1.O=C(O)C(F)(F)F. The average molecular weight is 527 g/mol. The Labute approximate surface area is 215 Å². The van der Waals surface area contributed by atoms with Crippen LogP contribution in [0.25, 0.3) is 0 Å². The van der Waals surface area contributed by atoms with Crippen molar-refractivity contribution in [2.45, 2.75) is 102 Å². The lowest BCUT2D eigenvalue weighted by Gasteiger charge is -2.32. The summed E-state index contributed by atoms with van der Waals surface area (Å²) in [6.45, 7) is 3.53. The first kappa shape index (κ1) is 28.8. The van der Waals surface area contributed by atoms with Crippen LogP contribution in [0.5, 0.6) is 11.5 Å². The van der Waals surface area contributed by atoms with Crippen LogP contribution in [0, 0.1) is 0 Å². The highest BCUT2D eigenvalue weighted by atomic mass is 19.4. The van der Waals surface area contributed by atoms with E-state index >= 15 is 0 Å². The summed E-state index contributed by atoms with van der Waals surface area (Å²) in [7, 11) is 0. The Bertz CT molecular complexity index is 942. The number of alkyl halides is 3. The topological polar surface area (TPSA) is 93.8 Å². The van der Waals surface area contributed by atoms with E-state index in [1.54, 1.807) is 0 Å². The van der Waals surface area contributed by atoms with Gasteiger partial charge in [-0.15, -0.1) is 0 Å². The summed E-state index contributed by atoms with van der Waals surface area (Å²) in [4.78, 5) is 13.4. The number of nitrogens with zero attached hydrogens (tertiary/aromatic N) is 1. The predicted octanol–water partition coefficient (Wildman–Crippen LogP) is 6.62. The second-order valence-electron chi connectivity index (χ2n) is 9.54. The molecule has 1 aromatic heterocycles. The summed E-state index contributed by atoms with van der Waals surface area (Å²) in [6, 6.07) is 8.34. The number of carbonyl (C=O) groups is 1. The zero-order valence-electron chi connectivity index (χ0n) is 21.3. The molecular weight excluding hydrogens is 489 g/mol. The minimum Gasteiger partial charge on any atom is -0.494 e. The smallest absolute Gasteiger partial charge is 0.490 e. The maximum Gasteiger partial charge on any atom is 0.490 e. The summed E-state index contributed by atoms with van der Waals surface area (Å²) in [5, 5.41) is 10.8. The van der Waals surface area contributed by atoms with Crippen LogP contribution in [0.15, 0.2) is 34.9 Å². The number of rotatable bonds is 9. The number of aliphatic carboxylic acids is 1. The van der Waals surface area contributed by atoms with Crippen molar-refractivity contribution in [3.05, 3.63) is 42.1 Å². The van der Waals surface area contributed by atoms with Crippen LogP contribution >= 0.6 is 0 Å². The van der Waals surface area contributed by atoms with Crippen molar-refractivity contribution in [3.63, 3.8) is 0 Å². The van der Waals surface area contributed by atoms with Gasteiger partial charge in [0.2, 0.25) is 5.89 Å². The lowest BCUT2D eigenvalue weighted by Crippen LogP contribution is -2.44. The van der Waals surface area contributed by atoms with E-state index < -0.39 is 12.1 Å². The Morgan fingerprint density at radius 1 is 1.05 bits per heavy atom. The second-order valence-corrected chi connectivity index (χ2v) is 9.54. The van der Waals surface area contributed by atoms with Gasteiger partial charge < -0.3 is 24.3 Å². The van der Waals surface area contributed by atoms with Crippen LogP contribution in [0.2, 0.25) is 0 Å². The molecule has 7 nitrogen and oxygen atoms in total. The summed E-state index contributed by atoms with van der Waals surface area (Å²) in [5.74, 6) is 1.50. The predicted molar refractivity (Wildman–Crippen MR) is 132 cm³/mol.